The van der Waals surface area contributed by atoms with Crippen molar-refractivity contribution in [1.82, 2.24) is 10.2 Å². The van der Waals surface area contributed by atoms with Gasteiger partial charge in [-0.15, -0.1) is 5.10 Å². The lowest BCUT2D eigenvalue weighted by Crippen LogP contribution is -2.22. The van der Waals surface area contributed by atoms with Crippen molar-refractivity contribution >= 4 is 5.82 Å². The van der Waals surface area contributed by atoms with Gasteiger partial charge in [-0.05, 0) is 6.42 Å². The van der Waals surface area contributed by atoms with E-state index in [1.165, 1.54) is 6.20 Å². The Morgan fingerprint density at radius 1 is 1.64 bits per heavy atom. The Hall–Kier alpha value is -1.67. The maximum Gasteiger partial charge on any atom is 0.152 e. The Morgan fingerprint density at radius 3 is 3.14 bits per heavy atom. The fourth-order valence-electron chi connectivity index (χ4n) is 1.52. The van der Waals surface area contributed by atoms with E-state index in [2.05, 4.69) is 10.2 Å². The zero-order valence-corrected chi connectivity index (χ0v) is 7.59. The van der Waals surface area contributed by atoms with Gasteiger partial charge < -0.3 is 10.0 Å². The van der Waals surface area contributed by atoms with Crippen molar-refractivity contribution in [3.05, 3.63) is 17.8 Å². The largest absolute Gasteiger partial charge is 0.391 e. The zero-order chi connectivity index (χ0) is 9.97. The number of nitriles is 1. The van der Waals surface area contributed by atoms with Crippen LogP contribution in [0.3, 0.4) is 0 Å². The molecule has 1 saturated heterocycles. The number of aliphatic hydroxyl groups excluding tert-OH is 1. The molecule has 1 aromatic heterocycles. The normalized spacial score (nSPS) is 20.9. The van der Waals surface area contributed by atoms with Crippen LogP contribution in [0.4, 0.5) is 5.82 Å². The molecule has 0 saturated carbocycles. The molecule has 1 aromatic rings. The molecule has 5 nitrogen and oxygen atoms in total. The summed E-state index contributed by atoms with van der Waals surface area (Å²) in [7, 11) is 0. The third-order valence-electron chi connectivity index (χ3n) is 2.26. The number of β-amino-alcohol motifs (C(OH)–C–C–N with tert-alkyl or cyclic N) is 1. The van der Waals surface area contributed by atoms with Gasteiger partial charge in [0.25, 0.3) is 0 Å². The first-order valence-electron chi connectivity index (χ1n) is 4.45. The summed E-state index contributed by atoms with van der Waals surface area (Å²) in [6, 6.07) is 3.70. The molecule has 5 heteroatoms. The van der Waals surface area contributed by atoms with E-state index in [9.17, 15) is 5.11 Å². The average molecular weight is 190 g/mol. The molecule has 2 heterocycles. The second-order valence-corrected chi connectivity index (χ2v) is 3.30. The molecule has 2 rings (SSSR count). The van der Waals surface area contributed by atoms with Crippen LogP contribution in [0.25, 0.3) is 0 Å². The fraction of sp³-hybridized carbons (Fsp3) is 0.444. The molecule has 72 valence electrons. The minimum Gasteiger partial charge on any atom is -0.391 e. The Bertz CT molecular complexity index is 373. The first kappa shape index (κ1) is 8.91. The van der Waals surface area contributed by atoms with Crippen LogP contribution in [-0.4, -0.2) is 34.5 Å². The number of anilines is 1. The fourth-order valence-corrected chi connectivity index (χ4v) is 1.52. The van der Waals surface area contributed by atoms with Gasteiger partial charge in [-0.3, -0.25) is 0 Å². The molecule has 0 aromatic carbocycles. The molecule has 14 heavy (non-hydrogen) atoms. The van der Waals surface area contributed by atoms with E-state index in [-0.39, 0.29) is 6.10 Å². The van der Waals surface area contributed by atoms with E-state index >= 15 is 0 Å². The summed E-state index contributed by atoms with van der Waals surface area (Å²) in [4.78, 5) is 1.93. The molecule has 1 aliphatic rings. The van der Waals surface area contributed by atoms with E-state index in [0.29, 0.717) is 17.9 Å². The SMILES string of the molecule is N#Cc1cnnc(N2CC[C@H](O)C2)c1. The van der Waals surface area contributed by atoms with Crippen molar-refractivity contribution in [2.24, 2.45) is 0 Å². The van der Waals surface area contributed by atoms with Gasteiger partial charge in [0.2, 0.25) is 0 Å². The number of aromatic nitrogens is 2. The van der Waals surface area contributed by atoms with Gasteiger partial charge in [-0.25, -0.2) is 0 Å². The van der Waals surface area contributed by atoms with E-state index < -0.39 is 0 Å². The molecule has 0 bridgehead atoms. The zero-order valence-electron chi connectivity index (χ0n) is 7.59. The summed E-state index contributed by atoms with van der Waals surface area (Å²) in [5.41, 5.74) is 0.497. The highest BCUT2D eigenvalue weighted by molar-refractivity contribution is 5.44. The summed E-state index contributed by atoms with van der Waals surface area (Å²) in [5.74, 6) is 0.667. The lowest BCUT2D eigenvalue weighted by molar-refractivity contribution is 0.198. The van der Waals surface area contributed by atoms with Crippen LogP contribution in [-0.2, 0) is 0 Å². The molecule has 0 radical (unpaired) electrons. The Morgan fingerprint density at radius 2 is 2.50 bits per heavy atom. The topological polar surface area (TPSA) is 73.0 Å². The quantitative estimate of drug-likeness (QED) is 0.670. The van der Waals surface area contributed by atoms with Gasteiger partial charge >= 0.3 is 0 Å². The molecule has 1 fully saturated rings. The van der Waals surface area contributed by atoms with Gasteiger partial charge in [0, 0.05) is 19.2 Å². The Balaban J connectivity index is 2.20. The maximum atomic E-state index is 9.33. The first-order valence-corrected chi connectivity index (χ1v) is 4.45. The number of hydrogen-bond donors (Lipinski definition) is 1. The van der Waals surface area contributed by atoms with E-state index in [0.717, 1.165) is 13.0 Å². The number of hydrogen-bond acceptors (Lipinski definition) is 5. The Kier molecular flexibility index (Phi) is 2.29. The monoisotopic (exact) mass is 190 g/mol. The lowest BCUT2D eigenvalue weighted by Gasteiger charge is -2.15. The Labute approximate surface area is 81.6 Å². The van der Waals surface area contributed by atoms with Crippen LogP contribution in [0, 0.1) is 11.3 Å². The highest BCUT2D eigenvalue weighted by atomic mass is 16.3. The van der Waals surface area contributed by atoms with Crippen LogP contribution in [0.5, 0.6) is 0 Å². The molecule has 0 aliphatic carbocycles. The smallest absolute Gasteiger partial charge is 0.152 e. The third-order valence-corrected chi connectivity index (χ3v) is 2.26. The molecule has 1 N–H and O–H groups in total. The highest BCUT2D eigenvalue weighted by Gasteiger charge is 2.21. The van der Waals surface area contributed by atoms with Crippen LogP contribution in [0.2, 0.25) is 0 Å². The summed E-state index contributed by atoms with van der Waals surface area (Å²) in [5, 5.41) is 25.7. The molecule has 1 aliphatic heterocycles. The molecule has 0 amide bonds. The van der Waals surface area contributed by atoms with Gasteiger partial charge in [-0.2, -0.15) is 10.4 Å². The van der Waals surface area contributed by atoms with Gasteiger partial charge in [0.1, 0.15) is 6.07 Å². The summed E-state index contributed by atoms with van der Waals surface area (Å²) in [6.07, 6.45) is 1.89. The second kappa shape index (κ2) is 3.60. The molecular weight excluding hydrogens is 180 g/mol. The highest BCUT2D eigenvalue weighted by Crippen LogP contribution is 2.17. The minimum atomic E-state index is -0.289. The van der Waals surface area contributed by atoms with E-state index in [1.54, 1.807) is 6.07 Å². The molecular formula is C9H10N4O. The van der Waals surface area contributed by atoms with Gasteiger partial charge in [0.15, 0.2) is 5.82 Å². The summed E-state index contributed by atoms with van der Waals surface area (Å²) < 4.78 is 0. The van der Waals surface area contributed by atoms with Crippen molar-refractivity contribution in [2.45, 2.75) is 12.5 Å². The van der Waals surface area contributed by atoms with Gasteiger partial charge in [-0.1, -0.05) is 0 Å². The first-order chi connectivity index (χ1) is 6.79. The van der Waals surface area contributed by atoms with Crippen molar-refractivity contribution in [3.63, 3.8) is 0 Å². The van der Waals surface area contributed by atoms with Gasteiger partial charge in [0.05, 0.1) is 17.9 Å². The number of rotatable bonds is 1. The van der Waals surface area contributed by atoms with Crippen LogP contribution in [0.15, 0.2) is 12.3 Å². The second-order valence-electron chi connectivity index (χ2n) is 3.30. The van der Waals surface area contributed by atoms with Crippen LogP contribution in [0.1, 0.15) is 12.0 Å². The minimum absolute atomic E-state index is 0.289. The summed E-state index contributed by atoms with van der Waals surface area (Å²) in [6.45, 7) is 1.34. The van der Waals surface area contributed by atoms with Crippen molar-refractivity contribution in [2.75, 3.05) is 18.0 Å². The van der Waals surface area contributed by atoms with Crippen molar-refractivity contribution in [1.29, 1.82) is 5.26 Å². The van der Waals surface area contributed by atoms with E-state index in [1.807, 2.05) is 11.0 Å². The van der Waals surface area contributed by atoms with Crippen LogP contribution < -0.4 is 4.90 Å². The lowest BCUT2D eigenvalue weighted by atomic mass is 10.3. The maximum absolute atomic E-state index is 9.33. The third kappa shape index (κ3) is 1.65. The van der Waals surface area contributed by atoms with Crippen LogP contribution >= 0.6 is 0 Å². The average Bonchev–Trinajstić information content (AvgIpc) is 2.65. The molecule has 1 atom stereocenters. The van der Waals surface area contributed by atoms with E-state index in [4.69, 9.17) is 5.26 Å². The molecule has 0 unspecified atom stereocenters. The van der Waals surface area contributed by atoms with Crippen molar-refractivity contribution in [3.8, 4) is 6.07 Å². The molecule has 0 spiro atoms. The standard InChI is InChI=1S/C9H10N4O/c10-4-7-3-9(12-11-5-7)13-2-1-8(14)6-13/h3,5,8,14H,1-2,6H2/t8-/m0/s1. The predicted molar refractivity (Wildman–Crippen MR) is 49.6 cm³/mol. The summed E-state index contributed by atoms with van der Waals surface area (Å²) >= 11 is 0. The predicted octanol–water partition coefficient (Wildman–Crippen LogP) is -0.0807. The number of aliphatic hydroxyl groups is 1. The van der Waals surface area contributed by atoms with Crippen molar-refractivity contribution < 1.29 is 5.11 Å². The number of nitrogens with zero attached hydrogens (tertiary/aromatic N) is 4.